The molecule has 1 aromatic rings. The summed E-state index contributed by atoms with van der Waals surface area (Å²) in [6.07, 6.45) is 3.03. The predicted octanol–water partition coefficient (Wildman–Crippen LogP) is 2.66. The Morgan fingerprint density at radius 1 is 1.53 bits per heavy atom. The third-order valence-corrected chi connectivity index (χ3v) is 3.15. The maximum atomic E-state index is 11.0. The number of aldehydes is 1. The summed E-state index contributed by atoms with van der Waals surface area (Å²) < 4.78 is 0. The Bertz CT molecular complexity index is 384. The maximum Gasteiger partial charge on any atom is 0.127 e. The first-order valence-electron chi connectivity index (χ1n) is 5.58. The standard InChI is InChI=1S/C13H17NO/c1-3-10-6-9(2)13-12(7-10)11(8-15)4-5-14-13/h6-8,11,14H,3-5H2,1-2H3/t11-/m1/s1. The Kier molecular flexibility index (Phi) is 2.76. The van der Waals surface area contributed by atoms with Gasteiger partial charge in [0.1, 0.15) is 6.29 Å². The first kappa shape index (κ1) is 10.2. The van der Waals surface area contributed by atoms with Gasteiger partial charge in [-0.05, 0) is 36.5 Å². The molecule has 0 amide bonds. The van der Waals surface area contributed by atoms with Gasteiger partial charge in [0.2, 0.25) is 0 Å². The van der Waals surface area contributed by atoms with Gasteiger partial charge in [0.05, 0.1) is 0 Å². The zero-order chi connectivity index (χ0) is 10.8. The molecule has 1 aliphatic heterocycles. The van der Waals surface area contributed by atoms with E-state index >= 15 is 0 Å². The summed E-state index contributed by atoms with van der Waals surface area (Å²) in [6, 6.07) is 4.38. The van der Waals surface area contributed by atoms with Crippen molar-refractivity contribution in [1.29, 1.82) is 0 Å². The van der Waals surface area contributed by atoms with Gasteiger partial charge in [-0.15, -0.1) is 0 Å². The number of anilines is 1. The minimum Gasteiger partial charge on any atom is -0.385 e. The lowest BCUT2D eigenvalue weighted by Crippen LogP contribution is -2.19. The Morgan fingerprint density at radius 2 is 2.33 bits per heavy atom. The molecule has 0 unspecified atom stereocenters. The lowest BCUT2D eigenvalue weighted by Gasteiger charge is -2.25. The highest BCUT2D eigenvalue weighted by Gasteiger charge is 2.20. The Labute approximate surface area is 90.7 Å². The van der Waals surface area contributed by atoms with Gasteiger partial charge in [0.15, 0.2) is 0 Å². The molecule has 1 heterocycles. The van der Waals surface area contributed by atoms with Crippen molar-refractivity contribution in [3.05, 3.63) is 28.8 Å². The van der Waals surface area contributed by atoms with Gasteiger partial charge in [0.25, 0.3) is 0 Å². The molecule has 2 nitrogen and oxygen atoms in total. The largest absolute Gasteiger partial charge is 0.385 e. The van der Waals surface area contributed by atoms with Crippen molar-refractivity contribution in [2.75, 3.05) is 11.9 Å². The smallest absolute Gasteiger partial charge is 0.127 e. The number of carbonyl (C=O) groups excluding carboxylic acids is 1. The van der Waals surface area contributed by atoms with Crippen LogP contribution in [0.2, 0.25) is 0 Å². The SMILES string of the molecule is CCc1cc(C)c2c(c1)[C@@H](C=O)CCN2. The first-order chi connectivity index (χ1) is 7.26. The molecule has 0 saturated carbocycles. The summed E-state index contributed by atoms with van der Waals surface area (Å²) in [6.45, 7) is 5.16. The quantitative estimate of drug-likeness (QED) is 0.749. The number of hydrogen-bond donors (Lipinski definition) is 1. The van der Waals surface area contributed by atoms with E-state index in [-0.39, 0.29) is 5.92 Å². The zero-order valence-corrected chi connectivity index (χ0v) is 9.34. The summed E-state index contributed by atoms with van der Waals surface area (Å²) >= 11 is 0. The van der Waals surface area contributed by atoms with E-state index in [9.17, 15) is 4.79 Å². The average Bonchev–Trinajstić information content (AvgIpc) is 2.28. The molecule has 1 aromatic carbocycles. The first-order valence-corrected chi connectivity index (χ1v) is 5.58. The van der Waals surface area contributed by atoms with Gasteiger partial charge >= 0.3 is 0 Å². The van der Waals surface area contributed by atoms with Crippen LogP contribution >= 0.6 is 0 Å². The van der Waals surface area contributed by atoms with Crippen LogP contribution in [0.15, 0.2) is 12.1 Å². The van der Waals surface area contributed by atoms with Crippen LogP contribution in [-0.2, 0) is 11.2 Å². The fraction of sp³-hybridized carbons (Fsp3) is 0.462. The highest BCUT2D eigenvalue weighted by molar-refractivity contribution is 5.72. The summed E-state index contributed by atoms with van der Waals surface area (Å²) in [5.41, 5.74) is 4.95. The Balaban J connectivity index is 2.53. The van der Waals surface area contributed by atoms with Crippen LogP contribution < -0.4 is 5.32 Å². The van der Waals surface area contributed by atoms with E-state index in [2.05, 4.69) is 31.3 Å². The molecule has 0 saturated heterocycles. The Morgan fingerprint density at radius 3 is 3.00 bits per heavy atom. The van der Waals surface area contributed by atoms with Gasteiger partial charge in [-0.3, -0.25) is 0 Å². The molecule has 80 valence electrons. The molecule has 0 spiro atoms. The monoisotopic (exact) mass is 203 g/mol. The van der Waals surface area contributed by atoms with Crippen LogP contribution in [0.25, 0.3) is 0 Å². The molecule has 2 rings (SSSR count). The van der Waals surface area contributed by atoms with Crippen LogP contribution in [-0.4, -0.2) is 12.8 Å². The van der Waals surface area contributed by atoms with Crippen molar-refractivity contribution < 1.29 is 4.79 Å². The minimum atomic E-state index is 0.0893. The topological polar surface area (TPSA) is 29.1 Å². The van der Waals surface area contributed by atoms with Crippen LogP contribution in [0.4, 0.5) is 5.69 Å². The Hall–Kier alpha value is -1.31. The molecule has 1 N–H and O–H groups in total. The molecule has 1 atom stereocenters. The summed E-state index contributed by atoms with van der Waals surface area (Å²) in [4.78, 5) is 11.0. The van der Waals surface area contributed by atoms with E-state index < -0.39 is 0 Å². The molecular formula is C13H17NO. The highest BCUT2D eigenvalue weighted by atomic mass is 16.1. The van der Waals surface area contributed by atoms with E-state index in [1.165, 1.54) is 22.4 Å². The van der Waals surface area contributed by atoms with Crippen molar-refractivity contribution in [3.63, 3.8) is 0 Å². The van der Waals surface area contributed by atoms with Gasteiger partial charge in [0, 0.05) is 18.2 Å². The fourth-order valence-electron chi connectivity index (χ4n) is 2.28. The third kappa shape index (κ3) is 1.76. The number of benzene rings is 1. The van der Waals surface area contributed by atoms with E-state index in [4.69, 9.17) is 0 Å². The number of carbonyl (C=O) groups is 1. The molecule has 0 bridgehead atoms. The third-order valence-electron chi connectivity index (χ3n) is 3.15. The summed E-state index contributed by atoms with van der Waals surface area (Å²) in [7, 11) is 0. The van der Waals surface area contributed by atoms with Crippen LogP contribution in [0.5, 0.6) is 0 Å². The van der Waals surface area contributed by atoms with Crippen molar-refractivity contribution in [2.24, 2.45) is 0 Å². The second-order valence-corrected chi connectivity index (χ2v) is 4.19. The number of hydrogen-bond acceptors (Lipinski definition) is 2. The van der Waals surface area contributed by atoms with Crippen LogP contribution in [0.3, 0.4) is 0 Å². The molecule has 0 aliphatic carbocycles. The second-order valence-electron chi connectivity index (χ2n) is 4.19. The number of aryl methyl sites for hydroxylation is 2. The molecule has 0 radical (unpaired) electrons. The fourth-order valence-corrected chi connectivity index (χ4v) is 2.28. The van der Waals surface area contributed by atoms with Gasteiger partial charge in [-0.1, -0.05) is 19.1 Å². The molecule has 2 heteroatoms. The van der Waals surface area contributed by atoms with Crippen molar-refractivity contribution in [3.8, 4) is 0 Å². The number of rotatable bonds is 2. The van der Waals surface area contributed by atoms with Gasteiger partial charge in [-0.25, -0.2) is 0 Å². The summed E-state index contributed by atoms with van der Waals surface area (Å²) in [5.74, 6) is 0.0893. The van der Waals surface area contributed by atoms with E-state index in [0.29, 0.717) is 0 Å². The molecule has 1 aliphatic rings. The molecule has 0 fully saturated rings. The number of nitrogens with one attached hydrogen (secondary N) is 1. The minimum absolute atomic E-state index is 0.0893. The van der Waals surface area contributed by atoms with Crippen molar-refractivity contribution >= 4 is 12.0 Å². The predicted molar refractivity (Wildman–Crippen MR) is 62.5 cm³/mol. The molecular weight excluding hydrogens is 186 g/mol. The van der Waals surface area contributed by atoms with E-state index in [1.807, 2.05) is 0 Å². The van der Waals surface area contributed by atoms with Crippen LogP contribution in [0, 0.1) is 6.92 Å². The maximum absolute atomic E-state index is 11.0. The molecule has 0 aromatic heterocycles. The normalized spacial score (nSPS) is 19.2. The van der Waals surface area contributed by atoms with Crippen molar-refractivity contribution in [1.82, 2.24) is 0 Å². The van der Waals surface area contributed by atoms with E-state index in [0.717, 1.165) is 25.7 Å². The van der Waals surface area contributed by atoms with E-state index in [1.54, 1.807) is 0 Å². The van der Waals surface area contributed by atoms with Gasteiger partial charge in [-0.2, -0.15) is 0 Å². The molecule has 15 heavy (non-hydrogen) atoms. The average molecular weight is 203 g/mol. The lowest BCUT2D eigenvalue weighted by molar-refractivity contribution is -0.109. The number of fused-ring (bicyclic) bond motifs is 1. The highest BCUT2D eigenvalue weighted by Crippen LogP contribution is 2.33. The van der Waals surface area contributed by atoms with Crippen LogP contribution in [0.1, 0.15) is 36.0 Å². The van der Waals surface area contributed by atoms with Crippen molar-refractivity contribution in [2.45, 2.75) is 32.6 Å². The zero-order valence-electron chi connectivity index (χ0n) is 9.34. The summed E-state index contributed by atoms with van der Waals surface area (Å²) in [5, 5.41) is 3.39. The second kappa shape index (κ2) is 4.05. The lowest BCUT2D eigenvalue weighted by atomic mass is 9.88. The van der Waals surface area contributed by atoms with Gasteiger partial charge < -0.3 is 10.1 Å².